The number of aryl methyl sites for hydroxylation is 2. The second kappa shape index (κ2) is 7.58. The van der Waals surface area contributed by atoms with Crippen molar-refractivity contribution in [3.05, 3.63) is 57.0 Å². The summed E-state index contributed by atoms with van der Waals surface area (Å²) in [6.07, 6.45) is 1.46. The van der Waals surface area contributed by atoms with E-state index >= 15 is 0 Å². The maximum absolute atomic E-state index is 12.6. The maximum atomic E-state index is 12.6. The second-order valence-corrected chi connectivity index (χ2v) is 6.29. The van der Waals surface area contributed by atoms with E-state index in [0.29, 0.717) is 17.9 Å². The van der Waals surface area contributed by atoms with Gasteiger partial charge in [0, 0.05) is 26.3 Å². The number of imidazole rings is 1. The highest BCUT2D eigenvalue weighted by molar-refractivity contribution is 5.90. The molecule has 0 bridgehead atoms. The fourth-order valence-corrected chi connectivity index (χ4v) is 2.91. The van der Waals surface area contributed by atoms with Gasteiger partial charge in [-0.2, -0.15) is 0 Å². The van der Waals surface area contributed by atoms with Gasteiger partial charge in [0.15, 0.2) is 11.2 Å². The summed E-state index contributed by atoms with van der Waals surface area (Å²) in [5.74, 6) is -0.448. The first kappa shape index (κ1) is 18.6. The average molecular weight is 370 g/mol. The summed E-state index contributed by atoms with van der Waals surface area (Å²) in [4.78, 5) is 41.6. The first-order chi connectivity index (χ1) is 12.9. The van der Waals surface area contributed by atoms with Gasteiger partial charge in [-0.15, -0.1) is 0 Å². The van der Waals surface area contributed by atoms with Gasteiger partial charge in [-0.3, -0.25) is 14.2 Å². The molecule has 9 heteroatoms. The third-order valence-electron chi connectivity index (χ3n) is 4.29. The lowest BCUT2D eigenvalue weighted by Gasteiger charge is -2.10. The van der Waals surface area contributed by atoms with Crippen LogP contribution >= 0.6 is 0 Å². The van der Waals surface area contributed by atoms with Gasteiger partial charge in [-0.25, -0.2) is 14.3 Å². The van der Waals surface area contributed by atoms with E-state index in [1.807, 2.05) is 25.1 Å². The molecule has 1 aromatic carbocycles. The molecule has 0 spiro atoms. The number of carbonyl (C=O) groups excluding carboxylic acids is 1. The Morgan fingerprint density at radius 3 is 2.74 bits per heavy atom. The van der Waals surface area contributed by atoms with Crippen LogP contribution in [0.2, 0.25) is 0 Å². The average Bonchev–Trinajstić information content (AvgIpc) is 3.04. The number of carbonyl (C=O) groups is 1. The Morgan fingerprint density at radius 1 is 1.22 bits per heavy atom. The molecule has 0 saturated heterocycles. The van der Waals surface area contributed by atoms with E-state index in [0.717, 1.165) is 16.7 Å². The Hall–Kier alpha value is -3.20. The molecule has 0 atom stereocenters. The van der Waals surface area contributed by atoms with E-state index in [-0.39, 0.29) is 12.1 Å². The number of nitrogens with one attached hydrogen (secondary N) is 2. The highest BCUT2D eigenvalue weighted by Gasteiger charge is 2.17. The molecule has 3 aromatic rings. The highest BCUT2D eigenvalue weighted by Crippen LogP contribution is 2.10. The molecule has 2 aromatic heterocycles. The quantitative estimate of drug-likeness (QED) is 0.644. The summed E-state index contributed by atoms with van der Waals surface area (Å²) >= 11 is 0. The van der Waals surface area contributed by atoms with Crippen LogP contribution in [0.25, 0.3) is 11.2 Å². The molecule has 2 N–H and O–H groups in total. The van der Waals surface area contributed by atoms with Gasteiger partial charge in [0.05, 0.1) is 6.33 Å². The number of hydrogen-bond donors (Lipinski definition) is 2. The summed E-state index contributed by atoms with van der Waals surface area (Å²) < 4.78 is 3.72. The van der Waals surface area contributed by atoms with E-state index in [1.165, 1.54) is 22.5 Å². The van der Waals surface area contributed by atoms with E-state index in [9.17, 15) is 14.4 Å². The second-order valence-electron chi connectivity index (χ2n) is 6.29. The predicted octanol–water partition coefficient (Wildman–Crippen LogP) is 0.182. The number of hydrogen-bond acceptors (Lipinski definition) is 5. The lowest BCUT2D eigenvalue weighted by molar-refractivity contribution is -0.116. The van der Waals surface area contributed by atoms with Crippen molar-refractivity contribution in [3.63, 3.8) is 0 Å². The van der Waals surface area contributed by atoms with Crippen molar-refractivity contribution in [2.24, 2.45) is 14.1 Å². The van der Waals surface area contributed by atoms with E-state index in [2.05, 4.69) is 15.6 Å². The van der Waals surface area contributed by atoms with Crippen LogP contribution in [-0.4, -0.2) is 31.1 Å². The molecule has 2 heterocycles. The minimum atomic E-state index is -0.581. The molecule has 27 heavy (non-hydrogen) atoms. The van der Waals surface area contributed by atoms with Gasteiger partial charge in [-0.1, -0.05) is 19.1 Å². The van der Waals surface area contributed by atoms with Crippen LogP contribution in [0, 0.1) is 0 Å². The lowest BCUT2D eigenvalue weighted by Crippen LogP contribution is -2.42. The first-order valence-corrected chi connectivity index (χ1v) is 8.62. The largest absolute Gasteiger partial charge is 0.332 e. The number of aromatic nitrogens is 4. The van der Waals surface area contributed by atoms with Crippen LogP contribution in [0.5, 0.6) is 0 Å². The zero-order valence-electron chi connectivity index (χ0n) is 15.5. The molecule has 0 aliphatic carbocycles. The summed E-state index contributed by atoms with van der Waals surface area (Å²) in [5, 5.41) is 5.96. The molecule has 0 radical (unpaired) electrons. The van der Waals surface area contributed by atoms with Gasteiger partial charge >= 0.3 is 5.69 Å². The summed E-state index contributed by atoms with van der Waals surface area (Å²) in [6, 6.07) is 7.41. The monoisotopic (exact) mass is 370 g/mol. The van der Waals surface area contributed by atoms with Gasteiger partial charge in [0.2, 0.25) is 5.91 Å². The van der Waals surface area contributed by atoms with Gasteiger partial charge < -0.3 is 15.2 Å². The zero-order chi connectivity index (χ0) is 19.6. The van der Waals surface area contributed by atoms with Crippen molar-refractivity contribution < 1.29 is 4.79 Å². The summed E-state index contributed by atoms with van der Waals surface area (Å²) in [6.45, 7) is 3.18. The number of benzene rings is 1. The fourth-order valence-electron chi connectivity index (χ4n) is 2.91. The minimum Gasteiger partial charge on any atom is -0.328 e. The highest BCUT2D eigenvalue weighted by atomic mass is 16.2. The Kier molecular flexibility index (Phi) is 5.22. The molecule has 0 aliphatic rings. The Balaban J connectivity index is 1.86. The molecule has 0 aliphatic heterocycles. The standard InChI is InChI=1S/C18H22N6O3/c1-4-19-9-12-6-5-7-13(8-12)21-14(25)10-24-17(26)15-16(20-11-22(15)2)23(3)18(24)27/h5-8,11,19H,4,9-10H2,1-3H3,(H,21,25). The molecule has 3 rings (SSSR count). The van der Waals surface area contributed by atoms with Crippen molar-refractivity contribution >= 4 is 22.8 Å². The zero-order valence-corrected chi connectivity index (χ0v) is 15.5. The Bertz CT molecular complexity index is 1110. The van der Waals surface area contributed by atoms with E-state index < -0.39 is 17.2 Å². The molecule has 1 amide bonds. The number of nitrogens with zero attached hydrogens (tertiary/aromatic N) is 4. The molecular weight excluding hydrogens is 348 g/mol. The van der Waals surface area contributed by atoms with Crippen LogP contribution in [0.1, 0.15) is 12.5 Å². The number of fused-ring (bicyclic) bond motifs is 1. The van der Waals surface area contributed by atoms with Crippen molar-refractivity contribution in [2.75, 3.05) is 11.9 Å². The molecule has 0 fully saturated rings. The smallest absolute Gasteiger partial charge is 0.328 e. The molecule has 142 valence electrons. The van der Waals surface area contributed by atoms with Crippen molar-refractivity contribution in [2.45, 2.75) is 20.0 Å². The fraction of sp³-hybridized carbons (Fsp3) is 0.333. The number of amides is 1. The van der Waals surface area contributed by atoms with Crippen molar-refractivity contribution in [1.82, 2.24) is 24.0 Å². The molecule has 0 unspecified atom stereocenters. The van der Waals surface area contributed by atoms with Gasteiger partial charge in [0.25, 0.3) is 5.56 Å². The number of rotatable bonds is 6. The molecule has 9 nitrogen and oxygen atoms in total. The summed E-state index contributed by atoms with van der Waals surface area (Å²) in [7, 11) is 3.19. The SMILES string of the molecule is CCNCc1cccc(NC(=O)Cn2c(=O)c3c(ncn3C)n(C)c2=O)c1. The number of anilines is 1. The summed E-state index contributed by atoms with van der Waals surface area (Å²) in [5.41, 5.74) is 1.09. The molecular formula is C18H22N6O3. The molecule has 0 saturated carbocycles. The Morgan fingerprint density at radius 2 is 2.00 bits per heavy atom. The van der Waals surface area contributed by atoms with Crippen LogP contribution in [0.15, 0.2) is 40.2 Å². The van der Waals surface area contributed by atoms with Crippen LogP contribution in [0.3, 0.4) is 0 Å². The normalized spacial score (nSPS) is 11.1. The van der Waals surface area contributed by atoms with Gasteiger partial charge in [-0.05, 0) is 24.2 Å². The first-order valence-electron chi connectivity index (χ1n) is 8.62. The van der Waals surface area contributed by atoms with Crippen LogP contribution in [0.4, 0.5) is 5.69 Å². The Labute approximate surface area is 155 Å². The van der Waals surface area contributed by atoms with Crippen LogP contribution in [-0.2, 0) is 32.0 Å². The third-order valence-corrected chi connectivity index (χ3v) is 4.29. The van der Waals surface area contributed by atoms with Crippen molar-refractivity contribution in [3.8, 4) is 0 Å². The topological polar surface area (TPSA) is 103 Å². The van der Waals surface area contributed by atoms with Crippen molar-refractivity contribution in [1.29, 1.82) is 0 Å². The minimum absolute atomic E-state index is 0.275. The predicted molar refractivity (Wildman–Crippen MR) is 103 cm³/mol. The maximum Gasteiger partial charge on any atom is 0.332 e. The van der Waals surface area contributed by atoms with Crippen LogP contribution < -0.4 is 21.9 Å². The third kappa shape index (κ3) is 3.68. The lowest BCUT2D eigenvalue weighted by atomic mass is 10.2. The van der Waals surface area contributed by atoms with E-state index in [4.69, 9.17) is 0 Å². The van der Waals surface area contributed by atoms with Gasteiger partial charge in [0.1, 0.15) is 6.54 Å². The van der Waals surface area contributed by atoms with E-state index in [1.54, 1.807) is 13.1 Å².